The van der Waals surface area contributed by atoms with Gasteiger partial charge in [0.05, 0.1) is 0 Å². The highest BCUT2D eigenvalue weighted by atomic mass is 16.6. The van der Waals surface area contributed by atoms with E-state index >= 15 is 0 Å². The number of hydrogen-bond acceptors (Lipinski definition) is 6. The molecule has 0 aliphatic rings. The van der Waals surface area contributed by atoms with Gasteiger partial charge in [-0.3, -0.25) is 14.4 Å². The van der Waals surface area contributed by atoms with Gasteiger partial charge in [0.1, 0.15) is 13.2 Å². The summed E-state index contributed by atoms with van der Waals surface area (Å²) >= 11 is 0. The molecular formula is C77H122O6. The van der Waals surface area contributed by atoms with Gasteiger partial charge in [-0.05, 0) is 148 Å². The molecule has 0 saturated carbocycles. The Morgan fingerprint density at radius 1 is 0.241 bits per heavy atom. The Hall–Kier alpha value is -5.23. The van der Waals surface area contributed by atoms with E-state index in [9.17, 15) is 14.4 Å². The molecule has 0 spiro atoms. The average molecular weight is 1140 g/mol. The van der Waals surface area contributed by atoms with Crippen LogP contribution in [0, 0.1) is 0 Å². The van der Waals surface area contributed by atoms with Crippen LogP contribution in [0.3, 0.4) is 0 Å². The molecule has 1 atom stereocenters. The minimum absolute atomic E-state index is 0.101. The van der Waals surface area contributed by atoms with Gasteiger partial charge in [-0.2, -0.15) is 0 Å². The number of allylic oxidation sites excluding steroid dienone is 28. The van der Waals surface area contributed by atoms with Crippen LogP contribution in [0.2, 0.25) is 0 Å². The Balaban J connectivity index is 4.41. The van der Waals surface area contributed by atoms with Crippen molar-refractivity contribution in [1.82, 2.24) is 0 Å². The molecule has 1 unspecified atom stereocenters. The molecule has 0 aromatic rings. The van der Waals surface area contributed by atoms with Gasteiger partial charge in [0.15, 0.2) is 6.10 Å². The molecule has 0 bridgehead atoms. The molecular weight excluding hydrogens is 1020 g/mol. The van der Waals surface area contributed by atoms with Crippen LogP contribution in [-0.2, 0) is 28.6 Å². The van der Waals surface area contributed by atoms with E-state index in [1.807, 2.05) is 0 Å². The third-order valence-corrected chi connectivity index (χ3v) is 13.7. The van der Waals surface area contributed by atoms with Gasteiger partial charge in [-0.15, -0.1) is 0 Å². The van der Waals surface area contributed by atoms with E-state index in [1.165, 1.54) is 44.9 Å². The second kappa shape index (κ2) is 69.3. The number of esters is 3. The van der Waals surface area contributed by atoms with Gasteiger partial charge in [0.25, 0.3) is 0 Å². The first-order valence-electron chi connectivity index (χ1n) is 33.6. The second-order valence-corrected chi connectivity index (χ2v) is 21.6. The van der Waals surface area contributed by atoms with Gasteiger partial charge in [0.2, 0.25) is 0 Å². The van der Waals surface area contributed by atoms with E-state index in [-0.39, 0.29) is 31.1 Å². The van der Waals surface area contributed by atoms with E-state index in [0.717, 1.165) is 193 Å². The molecule has 83 heavy (non-hydrogen) atoms. The molecule has 0 aromatic heterocycles. The summed E-state index contributed by atoms with van der Waals surface area (Å²) in [4.78, 5) is 38.4. The van der Waals surface area contributed by atoms with Crippen molar-refractivity contribution in [3.05, 3.63) is 170 Å². The van der Waals surface area contributed by atoms with Crippen molar-refractivity contribution in [2.75, 3.05) is 13.2 Å². The molecule has 466 valence electrons. The lowest BCUT2D eigenvalue weighted by atomic mass is 10.1. The molecule has 0 radical (unpaired) electrons. The average Bonchev–Trinajstić information content (AvgIpc) is 3.49. The molecule has 0 rings (SSSR count). The smallest absolute Gasteiger partial charge is 0.306 e. The maximum absolute atomic E-state index is 12.9. The molecule has 0 saturated heterocycles. The summed E-state index contributed by atoms with van der Waals surface area (Å²) in [6, 6.07) is 0. The highest BCUT2D eigenvalue weighted by molar-refractivity contribution is 5.71. The topological polar surface area (TPSA) is 78.9 Å². The van der Waals surface area contributed by atoms with E-state index in [4.69, 9.17) is 14.2 Å². The van der Waals surface area contributed by atoms with E-state index in [0.29, 0.717) is 19.3 Å². The minimum atomic E-state index is -0.808. The molecule has 0 heterocycles. The highest BCUT2D eigenvalue weighted by Crippen LogP contribution is 2.15. The zero-order valence-electron chi connectivity index (χ0n) is 53.4. The van der Waals surface area contributed by atoms with E-state index < -0.39 is 6.10 Å². The van der Waals surface area contributed by atoms with Crippen LogP contribution in [0.4, 0.5) is 0 Å². The highest BCUT2D eigenvalue weighted by Gasteiger charge is 2.19. The number of carbonyl (C=O) groups is 3. The fourth-order valence-corrected chi connectivity index (χ4v) is 8.78. The van der Waals surface area contributed by atoms with Crippen LogP contribution < -0.4 is 0 Å². The lowest BCUT2D eigenvalue weighted by molar-refractivity contribution is -0.167. The monoisotopic (exact) mass is 1140 g/mol. The maximum atomic E-state index is 12.9. The number of ether oxygens (including phenoxy) is 3. The SMILES string of the molecule is CC/C=C\C/C=C\C/C=C\C/C=C\C/C=C\C/C=C\CCCCCCCCCCCCC(=O)OCC(COC(=O)CCCCCCC/C=C\C/C=C\C/C=C\CC)OC(=O)CCCCCCC/C=C\C/C=C\C/C=C\C/C=C\C/C=C\CC. The van der Waals surface area contributed by atoms with E-state index in [2.05, 4.69) is 191 Å². The van der Waals surface area contributed by atoms with Crippen LogP contribution >= 0.6 is 0 Å². The summed E-state index contributed by atoms with van der Waals surface area (Å²) in [7, 11) is 0. The van der Waals surface area contributed by atoms with Crippen LogP contribution in [0.1, 0.15) is 278 Å². The van der Waals surface area contributed by atoms with Crippen molar-refractivity contribution < 1.29 is 28.6 Å². The summed E-state index contributed by atoms with van der Waals surface area (Å²) in [6.07, 6.45) is 102. The lowest BCUT2D eigenvalue weighted by Crippen LogP contribution is -2.30. The Kier molecular flexibility index (Phi) is 64.9. The largest absolute Gasteiger partial charge is 0.462 e. The van der Waals surface area contributed by atoms with Gasteiger partial charge in [-0.1, -0.05) is 281 Å². The lowest BCUT2D eigenvalue weighted by Gasteiger charge is -2.18. The number of hydrogen-bond donors (Lipinski definition) is 0. The standard InChI is InChI=1S/C77H122O6/c1-4-7-10-13-16-19-22-25-28-30-32-34-35-36-37-38-39-40-41-43-44-46-49-52-55-58-61-64-67-70-76(79)82-73-74(72-81-75(78)69-66-63-60-57-54-51-48-27-24-21-18-15-12-9-6-3)83-77(80)71-68-65-62-59-56-53-50-47-45-42-33-31-29-26-23-20-17-14-11-8-5-2/h7-12,16-21,25-29,32-34,36-37,39-40,42,47-48,50,74H,4-6,13-15,22-24,30-31,35,38,41,43-46,49,51-73H2,1-3H3/b10-7-,11-8-,12-9-,19-16-,20-17-,21-18-,28-25-,29-26-,34-32-,37-36-,40-39-,42-33-,48-27-,50-47-. The predicted molar refractivity (Wildman–Crippen MR) is 361 cm³/mol. The zero-order valence-corrected chi connectivity index (χ0v) is 53.4. The third kappa shape index (κ3) is 67.4. The summed E-state index contributed by atoms with van der Waals surface area (Å²) < 4.78 is 16.9. The van der Waals surface area contributed by atoms with Crippen molar-refractivity contribution in [3.8, 4) is 0 Å². The number of unbranched alkanes of at least 4 members (excludes halogenated alkanes) is 20. The van der Waals surface area contributed by atoms with Crippen molar-refractivity contribution in [1.29, 1.82) is 0 Å². The summed E-state index contributed by atoms with van der Waals surface area (Å²) in [5.74, 6) is -0.943. The van der Waals surface area contributed by atoms with Crippen LogP contribution in [0.5, 0.6) is 0 Å². The van der Waals surface area contributed by atoms with Crippen molar-refractivity contribution in [2.45, 2.75) is 284 Å². The summed E-state index contributed by atoms with van der Waals surface area (Å²) in [5, 5.41) is 0. The first-order chi connectivity index (χ1) is 41.0. The fourth-order valence-electron chi connectivity index (χ4n) is 8.78. The zero-order chi connectivity index (χ0) is 59.9. The van der Waals surface area contributed by atoms with Crippen LogP contribution in [0.25, 0.3) is 0 Å². The molecule has 6 heteroatoms. The number of carbonyl (C=O) groups excluding carboxylic acids is 3. The van der Waals surface area contributed by atoms with Crippen molar-refractivity contribution in [2.24, 2.45) is 0 Å². The van der Waals surface area contributed by atoms with E-state index in [1.54, 1.807) is 0 Å². The van der Waals surface area contributed by atoms with Crippen molar-refractivity contribution in [3.63, 3.8) is 0 Å². The quantitative estimate of drug-likeness (QED) is 0.0261. The predicted octanol–water partition coefficient (Wildman–Crippen LogP) is 23.4. The second-order valence-electron chi connectivity index (χ2n) is 21.6. The normalized spacial score (nSPS) is 13.2. The Bertz CT molecular complexity index is 1890. The van der Waals surface area contributed by atoms with Gasteiger partial charge >= 0.3 is 17.9 Å². The molecule has 0 fully saturated rings. The van der Waals surface area contributed by atoms with Crippen LogP contribution in [0.15, 0.2) is 170 Å². The Morgan fingerprint density at radius 2 is 0.434 bits per heavy atom. The molecule has 0 aromatic carbocycles. The maximum Gasteiger partial charge on any atom is 0.306 e. The summed E-state index contributed by atoms with van der Waals surface area (Å²) in [6.45, 7) is 6.27. The fraction of sp³-hybridized carbons (Fsp3) is 0.597. The first kappa shape index (κ1) is 77.8. The molecule has 0 aliphatic carbocycles. The van der Waals surface area contributed by atoms with Crippen molar-refractivity contribution >= 4 is 17.9 Å². The Labute approximate surface area is 511 Å². The Morgan fingerprint density at radius 3 is 0.675 bits per heavy atom. The molecule has 0 N–H and O–H groups in total. The van der Waals surface area contributed by atoms with Gasteiger partial charge < -0.3 is 14.2 Å². The van der Waals surface area contributed by atoms with Gasteiger partial charge in [0, 0.05) is 19.3 Å². The van der Waals surface area contributed by atoms with Crippen LogP contribution in [-0.4, -0.2) is 37.2 Å². The van der Waals surface area contributed by atoms with Gasteiger partial charge in [-0.25, -0.2) is 0 Å². The minimum Gasteiger partial charge on any atom is -0.462 e. The molecule has 0 aliphatic heterocycles. The number of rotatable bonds is 59. The molecule has 0 amide bonds. The first-order valence-corrected chi connectivity index (χ1v) is 33.6. The summed E-state index contributed by atoms with van der Waals surface area (Å²) in [5.41, 5.74) is 0. The molecule has 6 nitrogen and oxygen atoms in total. The third-order valence-electron chi connectivity index (χ3n) is 13.7.